The van der Waals surface area contributed by atoms with Gasteiger partial charge in [0.1, 0.15) is 0 Å². The first-order chi connectivity index (χ1) is 12.1. The lowest BCUT2D eigenvalue weighted by Crippen LogP contribution is -2.43. The van der Waals surface area contributed by atoms with Crippen molar-refractivity contribution in [1.29, 1.82) is 0 Å². The van der Waals surface area contributed by atoms with Crippen LogP contribution in [-0.4, -0.2) is 38.2 Å². The molecule has 1 saturated carbocycles. The highest BCUT2D eigenvalue weighted by atomic mass is 127. The SMILES string of the molecule is CCNC(=NCc1cccc(NC(=O)C2CCC2)c1)NC(C)COC.I. The van der Waals surface area contributed by atoms with Crippen molar-refractivity contribution >= 4 is 41.5 Å². The predicted octanol–water partition coefficient (Wildman–Crippen LogP) is 3.13. The van der Waals surface area contributed by atoms with Gasteiger partial charge in [-0.05, 0) is 44.4 Å². The number of rotatable bonds is 8. The summed E-state index contributed by atoms with van der Waals surface area (Å²) in [5.41, 5.74) is 1.90. The molecule has 1 atom stereocenters. The average Bonchev–Trinajstić information content (AvgIpc) is 2.51. The van der Waals surface area contributed by atoms with Gasteiger partial charge in [-0.2, -0.15) is 0 Å². The minimum Gasteiger partial charge on any atom is -0.383 e. The summed E-state index contributed by atoms with van der Waals surface area (Å²) in [4.78, 5) is 16.7. The summed E-state index contributed by atoms with van der Waals surface area (Å²) >= 11 is 0. The highest BCUT2D eigenvalue weighted by Gasteiger charge is 2.25. The molecule has 1 aromatic rings. The Morgan fingerprint density at radius 2 is 2.15 bits per heavy atom. The van der Waals surface area contributed by atoms with Gasteiger partial charge in [-0.3, -0.25) is 4.79 Å². The quantitative estimate of drug-likeness (QED) is 0.308. The van der Waals surface area contributed by atoms with E-state index in [9.17, 15) is 4.79 Å². The Hall–Kier alpha value is -1.35. The highest BCUT2D eigenvalue weighted by molar-refractivity contribution is 14.0. The molecule has 0 aromatic heterocycles. The van der Waals surface area contributed by atoms with Gasteiger partial charge in [-0.25, -0.2) is 4.99 Å². The van der Waals surface area contributed by atoms with Gasteiger partial charge in [0, 0.05) is 31.3 Å². The smallest absolute Gasteiger partial charge is 0.227 e. The number of ether oxygens (including phenoxy) is 1. The normalized spacial score (nSPS) is 15.4. The zero-order valence-corrected chi connectivity index (χ0v) is 18.2. The van der Waals surface area contributed by atoms with E-state index in [0.29, 0.717) is 13.2 Å². The molecule has 146 valence electrons. The lowest BCUT2D eigenvalue weighted by Gasteiger charge is -2.24. The molecule has 1 fully saturated rings. The van der Waals surface area contributed by atoms with Crippen LogP contribution < -0.4 is 16.0 Å². The fourth-order valence-corrected chi connectivity index (χ4v) is 2.68. The molecular formula is C19H31IN4O2. The molecule has 1 amide bonds. The van der Waals surface area contributed by atoms with Crippen molar-refractivity contribution in [2.24, 2.45) is 10.9 Å². The van der Waals surface area contributed by atoms with Crippen LogP contribution in [0.5, 0.6) is 0 Å². The van der Waals surface area contributed by atoms with Crippen LogP contribution in [0.25, 0.3) is 0 Å². The van der Waals surface area contributed by atoms with E-state index in [4.69, 9.17) is 4.74 Å². The van der Waals surface area contributed by atoms with Crippen molar-refractivity contribution in [2.45, 2.75) is 45.7 Å². The molecule has 0 saturated heterocycles. The summed E-state index contributed by atoms with van der Waals surface area (Å²) in [7, 11) is 1.69. The largest absolute Gasteiger partial charge is 0.383 e. The second kappa shape index (κ2) is 12.1. The van der Waals surface area contributed by atoms with Crippen molar-refractivity contribution < 1.29 is 9.53 Å². The molecule has 1 aliphatic rings. The number of benzene rings is 1. The number of methoxy groups -OCH3 is 1. The maximum atomic E-state index is 12.1. The molecule has 1 aliphatic carbocycles. The minimum absolute atomic E-state index is 0. The van der Waals surface area contributed by atoms with Crippen molar-refractivity contribution in [3.8, 4) is 0 Å². The number of amides is 1. The van der Waals surface area contributed by atoms with Crippen LogP contribution >= 0.6 is 24.0 Å². The first-order valence-corrected chi connectivity index (χ1v) is 9.06. The van der Waals surface area contributed by atoms with E-state index in [-0.39, 0.29) is 41.8 Å². The number of carbonyl (C=O) groups is 1. The highest BCUT2D eigenvalue weighted by Crippen LogP contribution is 2.27. The van der Waals surface area contributed by atoms with Crippen LogP contribution in [0.2, 0.25) is 0 Å². The van der Waals surface area contributed by atoms with E-state index in [2.05, 4.69) is 20.9 Å². The van der Waals surface area contributed by atoms with Gasteiger partial charge in [0.15, 0.2) is 5.96 Å². The van der Waals surface area contributed by atoms with Gasteiger partial charge in [0.25, 0.3) is 0 Å². The summed E-state index contributed by atoms with van der Waals surface area (Å²) in [6, 6.07) is 8.06. The fourth-order valence-electron chi connectivity index (χ4n) is 2.68. The third-order valence-corrected chi connectivity index (χ3v) is 4.23. The molecule has 0 bridgehead atoms. The van der Waals surface area contributed by atoms with Crippen molar-refractivity contribution in [2.75, 3.05) is 25.6 Å². The van der Waals surface area contributed by atoms with E-state index >= 15 is 0 Å². The molecule has 2 rings (SSSR count). The Balaban J connectivity index is 0.00000338. The number of guanidine groups is 1. The van der Waals surface area contributed by atoms with Crippen molar-refractivity contribution in [1.82, 2.24) is 10.6 Å². The summed E-state index contributed by atoms with van der Waals surface area (Å²) in [5, 5.41) is 9.55. The molecule has 0 spiro atoms. The number of hydrogen-bond donors (Lipinski definition) is 3. The molecular weight excluding hydrogens is 443 g/mol. The Morgan fingerprint density at radius 1 is 1.38 bits per heavy atom. The first kappa shape index (κ1) is 22.7. The van der Waals surface area contributed by atoms with Gasteiger partial charge in [-0.15, -0.1) is 24.0 Å². The average molecular weight is 474 g/mol. The molecule has 1 unspecified atom stereocenters. The predicted molar refractivity (Wildman–Crippen MR) is 117 cm³/mol. The second-order valence-electron chi connectivity index (χ2n) is 6.51. The molecule has 1 aromatic carbocycles. The third-order valence-electron chi connectivity index (χ3n) is 4.23. The topological polar surface area (TPSA) is 74.8 Å². The number of halogens is 1. The maximum Gasteiger partial charge on any atom is 0.227 e. The van der Waals surface area contributed by atoms with Crippen LogP contribution in [0.3, 0.4) is 0 Å². The van der Waals surface area contributed by atoms with E-state index in [1.54, 1.807) is 7.11 Å². The summed E-state index contributed by atoms with van der Waals surface area (Å²) in [5.74, 6) is 1.08. The van der Waals surface area contributed by atoms with E-state index < -0.39 is 0 Å². The lowest BCUT2D eigenvalue weighted by atomic mass is 9.85. The Labute approximate surface area is 173 Å². The molecule has 0 radical (unpaired) electrons. The van der Waals surface area contributed by atoms with E-state index in [1.165, 1.54) is 0 Å². The van der Waals surface area contributed by atoms with Crippen LogP contribution in [0.1, 0.15) is 38.7 Å². The minimum atomic E-state index is 0. The molecule has 0 heterocycles. The Morgan fingerprint density at radius 3 is 2.77 bits per heavy atom. The van der Waals surface area contributed by atoms with Gasteiger partial charge >= 0.3 is 0 Å². The standard InChI is InChI=1S/C19H30N4O2.HI/c1-4-20-19(22-14(2)13-25-3)21-12-15-7-5-10-17(11-15)23-18(24)16-8-6-9-16;/h5,7,10-11,14,16H,4,6,8-9,12-13H2,1-3H3,(H,23,24)(H2,20,21,22);1H. The van der Waals surface area contributed by atoms with Crippen molar-refractivity contribution in [3.63, 3.8) is 0 Å². The zero-order chi connectivity index (χ0) is 18.1. The molecule has 7 heteroatoms. The molecule has 6 nitrogen and oxygen atoms in total. The van der Waals surface area contributed by atoms with Gasteiger partial charge in [0.05, 0.1) is 13.2 Å². The van der Waals surface area contributed by atoms with E-state index in [1.807, 2.05) is 38.1 Å². The first-order valence-electron chi connectivity index (χ1n) is 9.06. The fraction of sp³-hybridized carbons (Fsp3) is 0.579. The number of anilines is 1. The lowest BCUT2D eigenvalue weighted by molar-refractivity contribution is -0.122. The maximum absolute atomic E-state index is 12.1. The van der Waals surface area contributed by atoms with Crippen LogP contribution in [0.15, 0.2) is 29.3 Å². The van der Waals surface area contributed by atoms with Crippen molar-refractivity contribution in [3.05, 3.63) is 29.8 Å². The number of nitrogens with zero attached hydrogens (tertiary/aromatic N) is 1. The van der Waals surface area contributed by atoms with Crippen LogP contribution in [0.4, 0.5) is 5.69 Å². The Kier molecular flexibility index (Phi) is 10.6. The summed E-state index contributed by atoms with van der Waals surface area (Å²) < 4.78 is 5.15. The van der Waals surface area contributed by atoms with Crippen LogP contribution in [0, 0.1) is 5.92 Å². The molecule has 26 heavy (non-hydrogen) atoms. The monoisotopic (exact) mass is 474 g/mol. The summed E-state index contributed by atoms with van der Waals surface area (Å²) in [6.45, 7) is 6.04. The van der Waals surface area contributed by atoms with Gasteiger partial charge in [0.2, 0.25) is 5.91 Å². The van der Waals surface area contributed by atoms with Crippen LogP contribution in [-0.2, 0) is 16.1 Å². The molecule has 0 aliphatic heterocycles. The number of carbonyl (C=O) groups excluding carboxylic acids is 1. The summed E-state index contributed by atoms with van der Waals surface area (Å²) in [6.07, 6.45) is 3.18. The van der Waals surface area contributed by atoms with Gasteiger partial charge < -0.3 is 20.7 Å². The number of aliphatic imine (C=N–C) groups is 1. The Bertz CT molecular complexity index is 591. The number of hydrogen-bond acceptors (Lipinski definition) is 3. The van der Waals surface area contributed by atoms with Gasteiger partial charge in [-0.1, -0.05) is 18.6 Å². The third kappa shape index (κ3) is 7.49. The second-order valence-corrected chi connectivity index (χ2v) is 6.51. The van der Waals surface area contributed by atoms with E-state index in [0.717, 1.165) is 43.0 Å². The zero-order valence-electron chi connectivity index (χ0n) is 15.9. The number of nitrogens with one attached hydrogen (secondary N) is 3. The molecule has 3 N–H and O–H groups in total.